The average molecular weight is 281 g/mol. The number of amides is 1. The first kappa shape index (κ1) is 12.8. The number of carbonyl (C=O) groups is 1. The summed E-state index contributed by atoms with van der Waals surface area (Å²) in [7, 11) is 0. The SMILES string of the molecule is CC(Oc1ccccc1F)C(=O)N1CC2CC1CS2. The molecule has 1 amide bonds. The van der Waals surface area contributed by atoms with Crippen molar-refractivity contribution in [1.82, 2.24) is 4.90 Å². The maximum absolute atomic E-state index is 13.5. The van der Waals surface area contributed by atoms with Gasteiger partial charge in [-0.1, -0.05) is 12.1 Å². The summed E-state index contributed by atoms with van der Waals surface area (Å²) in [6.07, 6.45) is 0.448. The third kappa shape index (κ3) is 2.43. The lowest BCUT2D eigenvalue weighted by atomic mass is 10.2. The van der Waals surface area contributed by atoms with E-state index in [0.717, 1.165) is 18.7 Å². The third-order valence-corrected chi connectivity index (χ3v) is 5.06. The Morgan fingerprint density at radius 1 is 1.53 bits per heavy atom. The predicted molar refractivity (Wildman–Crippen MR) is 72.9 cm³/mol. The Balaban J connectivity index is 1.66. The van der Waals surface area contributed by atoms with Gasteiger partial charge < -0.3 is 9.64 Å². The lowest BCUT2D eigenvalue weighted by Crippen LogP contribution is -2.45. The van der Waals surface area contributed by atoms with Gasteiger partial charge in [0.15, 0.2) is 17.7 Å². The number of nitrogens with zero attached hydrogens (tertiary/aromatic N) is 1. The van der Waals surface area contributed by atoms with Crippen LogP contribution in [-0.2, 0) is 4.79 Å². The fraction of sp³-hybridized carbons (Fsp3) is 0.500. The molecule has 0 saturated carbocycles. The molecular formula is C14H16FNO2S. The zero-order valence-electron chi connectivity index (χ0n) is 10.7. The predicted octanol–water partition coefficient (Wildman–Crippen LogP) is 2.31. The number of hydrogen-bond acceptors (Lipinski definition) is 3. The van der Waals surface area contributed by atoms with Crippen LogP contribution in [0.3, 0.4) is 0 Å². The zero-order valence-corrected chi connectivity index (χ0v) is 11.5. The summed E-state index contributed by atoms with van der Waals surface area (Å²) in [6, 6.07) is 6.52. The number of benzene rings is 1. The molecular weight excluding hydrogens is 265 g/mol. The second kappa shape index (κ2) is 5.04. The summed E-state index contributed by atoms with van der Waals surface area (Å²) in [6.45, 7) is 2.49. The Kier molecular flexibility index (Phi) is 3.39. The summed E-state index contributed by atoms with van der Waals surface area (Å²) in [4.78, 5) is 14.2. The van der Waals surface area contributed by atoms with Crippen LogP contribution in [0.2, 0.25) is 0 Å². The van der Waals surface area contributed by atoms with Crippen molar-refractivity contribution in [2.24, 2.45) is 0 Å². The lowest BCUT2D eigenvalue weighted by molar-refractivity contribution is -0.138. The van der Waals surface area contributed by atoms with E-state index in [-0.39, 0.29) is 11.7 Å². The lowest BCUT2D eigenvalue weighted by Gasteiger charge is -2.29. The minimum atomic E-state index is -0.638. The zero-order chi connectivity index (χ0) is 13.4. The average Bonchev–Trinajstić information content (AvgIpc) is 3.03. The van der Waals surface area contributed by atoms with Crippen LogP contribution >= 0.6 is 11.8 Å². The van der Waals surface area contributed by atoms with Gasteiger partial charge in [0.2, 0.25) is 0 Å². The summed E-state index contributed by atoms with van der Waals surface area (Å²) in [5.74, 6) is 0.696. The van der Waals surface area contributed by atoms with Crippen LogP contribution in [0.4, 0.5) is 4.39 Å². The molecule has 0 N–H and O–H groups in total. The standard InChI is InChI=1S/C14H16FNO2S/c1-9(18-13-5-3-2-4-12(13)15)14(17)16-7-11-6-10(16)8-19-11/h2-5,9-11H,6-8H2,1H3. The van der Waals surface area contributed by atoms with E-state index in [1.54, 1.807) is 25.1 Å². The van der Waals surface area contributed by atoms with Crippen molar-refractivity contribution in [2.75, 3.05) is 12.3 Å². The van der Waals surface area contributed by atoms with Crippen LogP contribution in [-0.4, -0.2) is 40.5 Å². The molecule has 3 atom stereocenters. The number of halogens is 1. The first-order valence-electron chi connectivity index (χ1n) is 6.48. The number of ether oxygens (including phenoxy) is 1. The smallest absolute Gasteiger partial charge is 0.263 e. The Bertz CT molecular complexity index is 496. The van der Waals surface area contributed by atoms with Gasteiger partial charge in [-0.2, -0.15) is 11.8 Å². The van der Waals surface area contributed by atoms with Gasteiger partial charge in [0.1, 0.15) is 0 Å². The van der Waals surface area contributed by atoms with Gasteiger partial charge in [-0.3, -0.25) is 4.79 Å². The first-order valence-corrected chi connectivity index (χ1v) is 7.53. The van der Waals surface area contributed by atoms with Crippen molar-refractivity contribution in [3.05, 3.63) is 30.1 Å². The third-order valence-electron chi connectivity index (χ3n) is 3.67. The maximum Gasteiger partial charge on any atom is 0.263 e. The largest absolute Gasteiger partial charge is 0.478 e. The molecule has 2 bridgehead atoms. The fourth-order valence-electron chi connectivity index (χ4n) is 2.68. The van der Waals surface area contributed by atoms with E-state index in [1.807, 2.05) is 16.7 Å². The molecule has 102 valence electrons. The molecule has 0 spiro atoms. The van der Waals surface area contributed by atoms with Gasteiger partial charge in [0.05, 0.1) is 0 Å². The number of para-hydroxylation sites is 1. The van der Waals surface area contributed by atoms with Crippen molar-refractivity contribution in [3.8, 4) is 5.75 Å². The van der Waals surface area contributed by atoms with Gasteiger partial charge in [-0.25, -0.2) is 4.39 Å². The van der Waals surface area contributed by atoms with Gasteiger partial charge in [0.25, 0.3) is 5.91 Å². The van der Waals surface area contributed by atoms with E-state index in [9.17, 15) is 9.18 Å². The molecule has 0 aliphatic carbocycles. The molecule has 2 saturated heterocycles. The molecule has 2 aliphatic heterocycles. The topological polar surface area (TPSA) is 29.5 Å². The van der Waals surface area contributed by atoms with E-state index in [2.05, 4.69) is 0 Å². The minimum absolute atomic E-state index is 0.0314. The second-order valence-electron chi connectivity index (χ2n) is 5.03. The molecule has 1 aromatic rings. The minimum Gasteiger partial charge on any atom is -0.478 e. The monoisotopic (exact) mass is 281 g/mol. The molecule has 2 fully saturated rings. The van der Waals surface area contributed by atoms with Crippen LogP contribution in [0.25, 0.3) is 0 Å². The maximum atomic E-state index is 13.5. The summed E-state index contributed by atoms with van der Waals surface area (Å²) in [5, 5.41) is 0.578. The first-order chi connectivity index (χ1) is 9.15. The van der Waals surface area contributed by atoms with Crippen molar-refractivity contribution in [1.29, 1.82) is 0 Å². The van der Waals surface area contributed by atoms with Crippen molar-refractivity contribution >= 4 is 17.7 Å². The molecule has 2 aliphatic rings. The highest BCUT2D eigenvalue weighted by Gasteiger charge is 2.42. The number of hydrogen-bond donors (Lipinski definition) is 0. The van der Waals surface area contributed by atoms with E-state index < -0.39 is 11.9 Å². The molecule has 0 radical (unpaired) electrons. The van der Waals surface area contributed by atoms with Gasteiger partial charge >= 0.3 is 0 Å². The van der Waals surface area contributed by atoms with Gasteiger partial charge in [0, 0.05) is 23.6 Å². The Labute approximate surface area is 116 Å². The van der Waals surface area contributed by atoms with Crippen molar-refractivity contribution in [3.63, 3.8) is 0 Å². The normalized spacial score (nSPS) is 26.5. The van der Waals surface area contributed by atoms with Crippen molar-refractivity contribution in [2.45, 2.75) is 30.7 Å². The summed E-state index contributed by atoms with van der Waals surface area (Å²) >= 11 is 1.94. The van der Waals surface area contributed by atoms with Crippen LogP contribution in [0.1, 0.15) is 13.3 Å². The second-order valence-corrected chi connectivity index (χ2v) is 6.36. The Hall–Kier alpha value is -1.23. The van der Waals surface area contributed by atoms with Gasteiger partial charge in [-0.15, -0.1) is 0 Å². The number of carbonyl (C=O) groups excluding carboxylic acids is 1. The molecule has 1 aromatic carbocycles. The molecule has 2 heterocycles. The highest BCUT2D eigenvalue weighted by molar-refractivity contribution is 8.00. The quantitative estimate of drug-likeness (QED) is 0.851. The van der Waals surface area contributed by atoms with Crippen LogP contribution in [0.5, 0.6) is 5.75 Å². The van der Waals surface area contributed by atoms with Gasteiger partial charge in [-0.05, 0) is 25.5 Å². The highest BCUT2D eigenvalue weighted by Crippen LogP contribution is 2.37. The summed E-state index contributed by atoms with van der Waals surface area (Å²) < 4.78 is 18.9. The van der Waals surface area contributed by atoms with E-state index in [4.69, 9.17) is 4.74 Å². The number of rotatable bonds is 3. The molecule has 3 nitrogen and oxygen atoms in total. The van der Waals surface area contributed by atoms with E-state index >= 15 is 0 Å². The van der Waals surface area contributed by atoms with Crippen LogP contribution in [0, 0.1) is 5.82 Å². The molecule has 5 heteroatoms. The Morgan fingerprint density at radius 2 is 2.32 bits per heavy atom. The number of fused-ring (bicyclic) bond motifs is 2. The highest BCUT2D eigenvalue weighted by atomic mass is 32.2. The molecule has 19 heavy (non-hydrogen) atoms. The van der Waals surface area contributed by atoms with E-state index in [1.165, 1.54) is 6.07 Å². The van der Waals surface area contributed by atoms with Crippen molar-refractivity contribution < 1.29 is 13.9 Å². The molecule has 0 aromatic heterocycles. The van der Waals surface area contributed by atoms with E-state index in [0.29, 0.717) is 11.3 Å². The number of thioether (sulfide) groups is 1. The Morgan fingerprint density at radius 3 is 2.95 bits per heavy atom. The fourth-order valence-corrected chi connectivity index (χ4v) is 4.12. The van der Waals surface area contributed by atoms with Crippen LogP contribution < -0.4 is 4.74 Å². The summed E-state index contributed by atoms with van der Waals surface area (Å²) in [5.41, 5.74) is 0. The van der Waals surface area contributed by atoms with Crippen LogP contribution in [0.15, 0.2) is 24.3 Å². The molecule has 3 rings (SSSR count). The molecule has 3 unspecified atom stereocenters. The number of likely N-dealkylation sites (tertiary alicyclic amines) is 1.